The average Bonchev–Trinajstić information content (AvgIpc) is 2.55. The number of carbonyl (C=O) groups is 2. The van der Waals surface area contributed by atoms with E-state index in [1.165, 1.54) is 9.80 Å². The van der Waals surface area contributed by atoms with Crippen LogP contribution in [0, 0.1) is 0 Å². The van der Waals surface area contributed by atoms with Gasteiger partial charge in [-0.1, -0.05) is 0 Å². The van der Waals surface area contributed by atoms with Gasteiger partial charge in [0.05, 0.1) is 19.6 Å². The van der Waals surface area contributed by atoms with Crippen LogP contribution < -0.4 is 4.90 Å². The zero-order valence-electron chi connectivity index (χ0n) is 8.99. The molecule has 0 aromatic heterocycles. The summed E-state index contributed by atoms with van der Waals surface area (Å²) in [5, 5.41) is 0. The zero-order valence-corrected chi connectivity index (χ0v) is 8.99. The SMILES string of the molecule is CCN1C(=O)C[C@H]([NH+]2CCOCC2)C1=O. The first kappa shape index (κ1) is 10.6. The first-order valence-electron chi connectivity index (χ1n) is 5.50. The largest absolute Gasteiger partial charge is 0.370 e. The third kappa shape index (κ3) is 1.89. The van der Waals surface area contributed by atoms with Crippen molar-refractivity contribution in [1.82, 2.24) is 4.90 Å². The highest BCUT2D eigenvalue weighted by Crippen LogP contribution is 2.10. The summed E-state index contributed by atoms with van der Waals surface area (Å²) in [5.74, 6) is -0.0223. The van der Waals surface area contributed by atoms with Gasteiger partial charge in [0, 0.05) is 6.54 Å². The van der Waals surface area contributed by atoms with Crippen molar-refractivity contribution in [3.8, 4) is 0 Å². The van der Waals surface area contributed by atoms with E-state index >= 15 is 0 Å². The van der Waals surface area contributed by atoms with E-state index in [2.05, 4.69) is 0 Å². The van der Waals surface area contributed by atoms with Gasteiger partial charge in [-0.2, -0.15) is 0 Å². The summed E-state index contributed by atoms with van der Waals surface area (Å²) >= 11 is 0. The van der Waals surface area contributed by atoms with E-state index in [1.54, 1.807) is 0 Å². The average molecular weight is 213 g/mol. The highest BCUT2D eigenvalue weighted by atomic mass is 16.5. The maximum atomic E-state index is 11.9. The molecule has 5 nitrogen and oxygen atoms in total. The van der Waals surface area contributed by atoms with Crippen LogP contribution in [-0.4, -0.2) is 55.6 Å². The van der Waals surface area contributed by atoms with Crippen LogP contribution in [0.25, 0.3) is 0 Å². The zero-order chi connectivity index (χ0) is 10.8. The fraction of sp³-hybridized carbons (Fsp3) is 0.800. The van der Waals surface area contributed by atoms with Crippen molar-refractivity contribution >= 4 is 11.8 Å². The highest BCUT2D eigenvalue weighted by molar-refractivity contribution is 6.04. The lowest BCUT2D eigenvalue weighted by Gasteiger charge is -2.27. The van der Waals surface area contributed by atoms with Crippen LogP contribution in [0.3, 0.4) is 0 Å². The van der Waals surface area contributed by atoms with E-state index in [9.17, 15) is 9.59 Å². The second-order valence-electron chi connectivity index (χ2n) is 4.00. The molecule has 0 aromatic rings. The minimum absolute atomic E-state index is 0.000556. The smallest absolute Gasteiger partial charge is 0.288 e. The van der Waals surface area contributed by atoms with Crippen molar-refractivity contribution in [2.75, 3.05) is 32.8 Å². The normalized spacial score (nSPS) is 28.9. The first-order chi connectivity index (χ1) is 7.24. The predicted molar refractivity (Wildman–Crippen MR) is 52.3 cm³/mol. The summed E-state index contributed by atoms with van der Waals surface area (Å²) in [6.07, 6.45) is 0.377. The second-order valence-corrected chi connectivity index (χ2v) is 4.00. The third-order valence-electron chi connectivity index (χ3n) is 3.19. The van der Waals surface area contributed by atoms with Crippen molar-refractivity contribution in [2.45, 2.75) is 19.4 Å². The summed E-state index contributed by atoms with van der Waals surface area (Å²) in [5.41, 5.74) is 0. The molecule has 0 radical (unpaired) electrons. The van der Waals surface area contributed by atoms with Crippen molar-refractivity contribution in [3.63, 3.8) is 0 Å². The number of likely N-dealkylation sites (tertiary alicyclic amines) is 1. The number of nitrogens with one attached hydrogen (secondary N) is 1. The second kappa shape index (κ2) is 4.28. The molecule has 1 atom stereocenters. The van der Waals surface area contributed by atoms with Gasteiger partial charge in [0.1, 0.15) is 13.1 Å². The van der Waals surface area contributed by atoms with Crippen LogP contribution in [0.4, 0.5) is 0 Å². The molecule has 2 amide bonds. The molecule has 1 N–H and O–H groups in total. The highest BCUT2D eigenvalue weighted by Gasteiger charge is 2.44. The quantitative estimate of drug-likeness (QED) is 0.542. The summed E-state index contributed by atoms with van der Waals surface area (Å²) in [7, 11) is 0. The molecular formula is C10H17N2O3+. The predicted octanol–water partition coefficient (Wildman–Crippen LogP) is -1.95. The molecule has 0 aliphatic carbocycles. The fourth-order valence-corrected chi connectivity index (χ4v) is 2.32. The van der Waals surface area contributed by atoms with Crippen molar-refractivity contribution in [1.29, 1.82) is 0 Å². The summed E-state index contributed by atoms with van der Waals surface area (Å²) in [4.78, 5) is 26.0. The number of morpholine rings is 1. The Bertz CT molecular complexity index is 274. The summed E-state index contributed by atoms with van der Waals surface area (Å²) in [6, 6.07) is -0.152. The topological polar surface area (TPSA) is 51.1 Å². The van der Waals surface area contributed by atoms with E-state index in [0.717, 1.165) is 13.1 Å². The van der Waals surface area contributed by atoms with E-state index < -0.39 is 0 Å². The lowest BCUT2D eigenvalue weighted by Crippen LogP contribution is -3.18. The maximum absolute atomic E-state index is 11.9. The number of imide groups is 1. The molecule has 84 valence electrons. The lowest BCUT2D eigenvalue weighted by molar-refractivity contribution is -0.922. The van der Waals surface area contributed by atoms with Gasteiger partial charge in [-0.05, 0) is 6.92 Å². The van der Waals surface area contributed by atoms with Crippen molar-refractivity contribution in [2.24, 2.45) is 0 Å². The number of carbonyl (C=O) groups excluding carboxylic acids is 2. The van der Waals surface area contributed by atoms with Crippen LogP contribution in [0.15, 0.2) is 0 Å². The Morgan fingerprint density at radius 3 is 2.60 bits per heavy atom. The van der Waals surface area contributed by atoms with Crippen LogP contribution in [0.5, 0.6) is 0 Å². The lowest BCUT2D eigenvalue weighted by atomic mass is 10.2. The van der Waals surface area contributed by atoms with Gasteiger partial charge in [-0.3, -0.25) is 14.5 Å². The number of hydrogen-bond donors (Lipinski definition) is 1. The van der Waals surface area contributed by atoms with Crippen LogP contribution >= 0.6 is 0 Å². The Morgan fingerprint density at radius 1 is 1.40 bits per heavy atom. The van der Waals surface area contributed by atoms with E-state index in [-0.39, 0.29) is 17.9 Å². The molecule has 0 saturated carbocycles. The van der Waals surface area contributed by atoms with Crippen molar-refractivity contribution in [3.05, 3.63) is 0 Å². The molecule has 15 heavy (non-hydrogen) atoms. The van der Waals surface area contributed by atoms with E-state index in [4.69, 9.17) is 4.74 Å². The van der Waals surface area contributed by atoms with Crippen LogP contribution in [0.1, 0.15) is 13.3 Å². The van der Waals surface area contributed by atoms with Gasteiger partial charge in [-0.15, -0.1) is 0 Å². The molecule has 2 fully saturated rings. The summed E-state index contributed by atoms with van der Waals surface area (Å²) < 4.78 is 5.24. The number of amides is 2. The molecule has 2 aliphatic heterocycles. The molecule has 0 bridgehead atoms. The molecule has 0 aromatic carbocycles. The third-order valence-corrected chi connectivity index (χ3v) is 3.19. The first-order valence-corrected chi connectivity index (χ1v) is 5.50. The molecule has 2 aliphatic rings. The standard InChI is InChI=1S/C10H16N2O3/c1-2-12-9(13)7-8(10(12)14)11-3-5-15-6-4-11/h8H,2-7H2,1H3/p+1/t8-/m0/s1. The molecule has 0 spiro atoms. The Hall–Kier alpha value is -0.940. The molecule has 2 heterocycles. The number of ether oxygens (including phenoxy) is 1. The number of hydrogen-bond acceptors (Lipinski definition) is 3. The van der Waals surface area contributed by atoms with Gasteiger partial charge in [-0.25, -0.2) is 0 Å². The van der Waals surface area contributed by atoms with Gasteiger partial charge in [0.15, 0.2) is 6.04 Å². The minimum atomic E-state index is -0.152. The van der Waals surface area contributed by atoms with Crippen LogP contribution in [-0.2, 0) is 14.3 Å². The van der Waals surface area contributed by atoms with Crippen LogP contribution in [0.2, 0.25) is 0 Å². The van der Waals surface area contributed by atoms with Crippen molar-refractivity contribution < 1.29 is 19.2 Å². The molecule has 2 saturated heterocycles. The molecular weight excluding hydrogens is 196 g/mol. The van der Waals surface area contributed by atoms with Gasteiger partial charge in [0.2, 0.25) is 5.91 Å². The maximum Gasteiger partial charge on any atom is 0.288 e. The van der Waals surface area contributed by atoms with E-state index in [0.29, 0.717) is 26.2 Å². The van der Waals surface area contributed by atoms with Gasteiger partial charge in [0.25, 0.3) is 5.91 Å². The number of rotatable bonds is 2. The summed E-state index contributed by atoms with van der Waals surface area (Å²) in [6.45, 7) is 5.39. The Kier molecular flexibility index (Phi) is 3.02. The molecule has 2 rings (SSSR count). The minimum Gasteiger partial charge on any atom is -0.370 e. The van der Waals surface area contributed by atoms with E-state index in [1.807, 2.05) is 6.92 Å². The fourth-order valence-electron chi connectivity index (χ4n) is 2.32. The Balaban J connectivity index is 2.04. The number of likely N-dealkylation sites (N-methyl/N-ethyl adjacent to an activating group) is 1. The number of quaternary nitrogens is 1. The Morgan fingerprint density at radius 2 is 2.07 bits per heavy atom. The molecule has 5 heteroatoms. The Labute approximate surface area is 89.0 Å². The monoisotopic (exact) mass is 213 g/mol. The van der Waals surface area contributed by atoms with Gasteiger partial charge >= 0.3 is 0 Å². The van der Waals surface area contributed by atoms with Gasteiger partial charge < -0.3 is 9.64 Å². The number of nitrogens with zero attached hydrogens (tertiary/aromatic N) is 1. The molecule has 0 unspecified atom stereocenters.